The first-order valence-electron chi connectivity index (χ1n) is 6.45. The molecule has 2 aliphatic heterocycles. The molecule has 2 heterocycles. The maximum atomic E-state index is 12.3. The SMILES string of the molecule is O=C(C1Cc2ccccc2O1)N1CCC[C@H](O)C1. The van der Waals surface area contributed by atoms with E-state index in [1.807, 2.05) is 24.3 Å². The predicted molar refractivity (Wildman–Crippen MR) is 66.4 cm³/mol. The van der Waals surface area contributed by atoms with Crippen LogP contribution < -0.4 is 4.74 Å². The van der Waals surface area contributed by atoms with E-state index in [2.05, 4.69) is 0 Å². The Morgan fingerprint density at radius 2 is 2.22 bits per heavy atom. The van der Waals surface area contributed by atoms with Crippen LogP contribution in [0, 0.1) is 0 Å². The summed E-state index contributed by atoms with van der Waals surface area (Å²) in [5.74, 6) is 0.818. The van der Waals surface area contributed by atoms with E-state index in [1.54, 1.807) is 4.90 Å². The molecule has 0 saturated carbocycles. The van der Waals surface area contributed by atoms with Gasteiger partial charge in [0.1, 0.15) is 5.75 Å². The molecule has 18 heavy (non-hydrogen) atoms. The van der Waals surface area contributed by atoms with Gasteiger partial charge in [0.15, 0.2) is 6.10 Å². The van der Waals surface area contributed by atoms with Crippen LogP contribution in [-0.2, 0) is 11.2 Å². The Bertz CT molecular complexity index is 435. The van der Waals surface area contributed by atoms with Crippen LogP contribution >= 0.6 is 0 Å². The molecule has 1 unspecified atom stereocenters. The molecule has 0 aromatic heterocycles. The first-order chi connectivity index (χ1) is 8.74. The average Bonchev–Trinajstić information content (AvgIpc) is 2.81. The largest absolute Gasteiger partial charge is 0.480 e. The summed E-state index contributed by atoms with van der Waals surface area (Å²) in [6, 6.07) is 7.76. The molecular weight excluding hydrogens is 230 g/mol. The van der Waals surface area contributed by atoms with E-state index in [4.69, 9.17) is 4.74 Å². The van der Waals surface area contributed by atoms with Crippen molar-refractivity contribution in [3.8, 4) is 5.75 Å². The summed E-state index contributed by atoms with van der Waals surface area (Å²) in [6.07, 6.45) is 1.50. The van der Waals surface area contributed by atoms with Crippen molar-refractivity contribution < 1.29 is 14.6 Å². The molecular formula is C14H17NO3. The van der Waals surface area contributed by atoms with Gasteiger partial charge in [0.25, 0.3) is 5.91 Å². The van der Waals surface area contributed by atoms with E-state index in [1.165, 1.54) is 0 Å². The molecule has 4 heteroatoms. The quantitative estimate of drug-likeness (QED) is 0.804. The highest BCUT2D eigenvalue weighted by atomic mass is 16.5. The van der Waals surface area contributed by atoms with E-state index in [0.29, 0.717) is 13.0 Å². The van der Waals surface area contributed by atoms with Crippen LogP contribution in [0.1, 0.15) is 18.4 Å². The van der Waals surface area contributed by atoms with Crippen molar-refractivity contribution in [1.29, 1.82) is 0 Å². The molecule has 0 bridgehead atoms. The van der Waals surface area contributed by atoms with Crippen LogP contribution in [0.3, 0.4) is 0 Å². The first kappa shape index (κ1) is 11.5. The Labute approximate surface area is 106 Å². The van der Waals surface area contributed by atoms with Crippen LogP contribution in [0.25, 0.3) is 0 Å². The smallest absolute Gasteiger partial charge is 0.264 e. The summed E-state index contributed by atoms with van der Waals surface area (Å²) in [4.78, 5) is 14.0. The number of para-hydroxylation sites is 1. The molecule has 0 spiro atoms. The van der Waals surface area contributed by atoms with Crippen LogP contribution in [0.5, 0.6) is 5.75 Å². The van der Waals surface area contributed by atoms with Crippen LogP contribution in [0.2, 0.25) is 0 Å². The molecule has 3 rings (SSSR count). The molecule has 1 aromatic rings. The number of ether oxygens (including phenoxy) is 1. The van der Waals surface area contributed by atoms with Gasteiger partial charge in [-0.2, -0.15) is 0 Å². The topological polar surface area (TPSA) is 49.8 Å². The number of hydrogen-bond acceptors (Lipinski definition) is 3. The van der Waals surface area contributed by atoms with Gasteiger partial charge >= 0.3 is 0 Å². The summed E-state index contributed by atoms with van der Waals surface area (Å²) < 4.78 is 5.68. The van der Waals surface area contributed by atoms with E-state index in [-0.39, 0.29) is 12.0 Å². The third kappa shape index (κ3) is 2.08. The van der Waals surface area contributed by atoms with Crippen LogP contribution in [0.15, 0.2) is 24.3 Å². The lowest BCUT2D eigenvalue weighted by molar-refractivity contribution is -0.141. The number of fused-ring (bicyclic) bond motifs is 1. The standard InChI is InChI=1S/C14H17NO3/c16-11-5-3-7-15(9-11)14(17)13-8-10-4-1-2-6-12(10)18-13/h1-2,4,6,11,13,16H,3,5,7-9H2/t11-,13?/m0/s1. The van der Waals surface area contributed by atoms with E-state index in [0.717, 1.165) is 30.7 Å². The molecule has 1 aromatic carbocycles. The average molecular weight is 247 g/mol. The highest BCUT2D eigenvalue weighted by molar-refractivity contribution is 5.82. The molecule has 2 atom stereocenters. The second kappa shape index (κ2) is 4.61. The summed E-state index contributed by atoms with van der Waals surface area (Å²) in [7, 11) is 0. The number of carbonyl (C=O) groups is 1. The number of piperidine rings is 1. The number of nitrogens with zero attached hydrogens (tertiary/aromatic N) is 1. The number of carbonyl (C=O) groups excluding carboxylic acids is 1. The van der Waals surface area contributed by atoms with E-state index in [9.17, 15) is 9.90 Å². The van der Waals surface area contributed by atoms with Crippen molar-refractivity contribution in [2.24, 2.45) is 0 Å². The fraction of sp³-hybridized carbons (Fsp3) is 0.500. The van der Waals surface area contributed by atoms with Crippen molar-refractivity contribution in [1.82, 2.24) is 4.90 Å². The molecule has 2 aliphatic rings. The van der Waals surface area contributed by atoms with E-state index >= 15 is 0 Å². The Kier molecular flexibility index (Phi) is 2.96. The van der Waals surface area contributed by atoms with Gasteiger partial charge in [0.05, 0.1) is 6.10 Å². The highest BCUT2D eigenvalue weighted by Gasteiger charge is 2.33. The minimum Gasteiger partial charge on any atom is -0.480 e. The number of hydrogen-bond donors (Lipinski definition) is 1. The lowest BCUT2D eigenvalue weighted by atomic mass is 10.1. The number of β-amino-alcohol motifs (C(OH)–C–C–N with tert-alkyl or cyclic N) is 1. The zero-order valence-corrected chi connectivity index (χ0v) is 10.2. The Hall–Kier alpha value is -1.55. The number of rotatable bonds is 1. The molecule has 96 valence electrons. The maximum Gasteiger partial charge on any atom is 0.264 e. The second-order valence-corrected chi connectivity index (χ2v) is 5.00. The second-order valence-electron chi connectivity index (χ2n) is 5.00. The summed E-state index contributed by atoms with van der Waals surface area (Å²) in [5.41, 5.74) is 1.09. The zero-order valence-electron chi connectivity index (χ0n) is 10.2. The van der Waals surface area contributed by atoms with Crippen molar-refractivity contribution in [2.75, 3.05) is 13.1 Å². The summed E-state index contributed by atoms with van der Waals surface area (Å²) in [6.45, 7) is 1.17. The number of amides is 1. The fourth-order valence-corrected chi connectivity index (χ4v) is 2.68. The van der Waals surface area contributed by atoms with Gasteiger partial charge < -0.3 is 14.7 Å². The van der Waals surface area contributed by atoms with Gasteiger partial charge in [-0.15, -0.1) is 0 Å². The predicted octanol–water partition coefficient (Wildman–Crippen LogP) is 0.973. The van der Waals surface area contributed by atoms with Crippen molar-refractivity contribution >= 4 is 5.91 Å². The monoisotopic (exact) mass is 247 g/mol. The number of benzene rings is 1. The van der Waals surface area contributed by atoms with Gasteiger partial charge in [-0.3, -0.25) is 4.79 Å². The van der Waals surface area contributed by atoms with Gasteiger partial charge in [-0.1, -0.05) is 18.2 Å². The lowest BCUT2D eigenvalue weighted by Gasteiger charge is -2.31. The molecule has 1 fully saturated rings. The molecule has 1 saturated heterocycles. The number of likely N-dealkylation sites (tertiary alicyclic amines) is 1. The summed E-state index contributed by atoms with van der Waals surface area (Å²) in [5, 5.41) is 9.61. The Morgan fingerprint density at radius 1 is 1.39 bits per heavy atom. The van der Waals surface area contributed by atoms with Crippen molar-refractivity contribution in [2.45, 2.75) is 31.5 Å². The number of aliphatic hydroxyl groups is 1. The molecule has 4 nitrogen and oxygen atoms in total. The third-order valence-corrected chi connectivity index (χ3v) is 3.63. The maximum absolute atomic E-state index is 12.3. The minimum atomic E-state index is -0.410. The van der Waals surface area contributed by atoms with Crippen LogP contribution in [-0.4, -0.2) is 41.2 Å². The fourth-order valence-electron chi connectivity index (χ4n) is 2.68. The van der Waals surface area contributed by atoms with Crippen molar-refractivity contribution in [3.05, 3.63) is 29.8 Å². The first-order valence-corrected chi connectivity index (χ1v) is 6.45. The van der Waals surface area contributed by atoms with Crippen LogP contribution in [0.4, 0.5) is 0 Å². The zero-order chi connectivity index (χ0) is 12.5. The molecule has 0 radical (unpaired) electrons. The lowest BCUT2D eigenvalue weighted by Crippen LogP contribution is -2.47. The molecule has 1 N–H and O–H groups in total. The normalized spacial score (nSPS) is 26.6. The summed E-state index contributed by atoms with van der Waals surface area (Å²) >= 11 is 0. The molecule has 0 aliphatic carbocycles. The van der Waals surface area contributed by atoms with E-state index < -0.39 is 6.10 Å². The minimum absolute atomic E-state index is 0.00458. The third-order valence-electron chi connectivity index (χ3n) is 3.63. The van der Waals surface area contributed by atoms with Gasteiger partial charge in [-0.25, -0.2) is 0 Å². The Morgan fingerprint density at radius 3 is 3.00 bits per heavy atom. The van der Waals surface area contributed by atoms with Gasteiger partial charge in [0, 0.05) is 19.5 Å². The highest BCUT2D eigenvalue weighted by Crippen LogP contribution is 2.29. The van der Waals surface area contributed by atoms with Gasteiger partial charge in [0.2, 0.25) is 0 Å². The van der Waals surface area contributed by atoms with Crippen molar-refractivity contribution in [3.63, 3.8) is 0 Å². The van der Waals surface area contributed by atoms with Gasteiger partial charge in [-0.05, 0) is 24.5 Å². The molecule has 1 amide bonds. The Balaban J connectivity index is 1.68. The number of aliphatic hydroxyl groups excluding tert-OH is 1.